The van der Waals surface area contributed by atoms with Crippen LogP contribution in [0.4, 0.5) is 9.32 Å². The molecule has 0 aliphatic carbocycles. The molecule has 0 bridgehead atoms. The average molecular weight is 349 g/mol. The first-order chi connectivity index (χ1) is 10.9. The molecule has 0 saturated heterocycles. The molecular formula is C16H28FNO6. The summed E-state index contributed by atoms with van der Waals surface area (Å²) in [5.74, 6) is -4.73. The smallest absolute Gasteiger partial charge is 0.407 e. The van der Waals surface area contributed by atoms with E-state index in [1.807, 2.05) is 13.8 Å². The number of carboxylic acids is 1. The summed E-state index contributed by atoms with van der Waals surface area (Å²) in [5.41, 5.74) is -0.669. The van der Waals surface area contributed by atoms with E-state index >= 15 is 0 Å². The van der Waals surface area contributed by atoms with Gasteiger partial charge >= 0.3 is 18.0 Å². The standard InChI is InChI=1S/C16H28FNO6/c1-9(2)7-12(18-15(22)23-16(4,5)6)10(3)8-11(13(19)20)14(21)24-17/h9-12H,7-8H2,1-6H3,(H,18,22)(H,19,20)/t10?,11?,12-/m0/s1. The average Bonchev–Trinajstić information content (AvgIpc) is 2.39. The molecule has 0 aromatic heterocycles. The van der Waals surface area contributed by atoms with E-state index < -0.39 is 41.5 Å². The first-order valence-electron chi connectivity index (χ1n) is 7.92. The Kier molecular flexibility index (Phi) is 8.71. The predicted octanol–water partition coefficient (Wildman–Crippen LogP) is 3.08. The number of aliphatic carboxylic acids is 1. The van der Waals surface area contributed by atoms with Crippen LogP contribution in [0.5, 0.6) is 0 Å². The highest BCUT2D eigenvalue weighted by molar-refractivity contribution is 5.93. The third-order valence-electron chi connectivity index (χ3n) is 3.38. The number of hydrogen-bond acceptors (Lipinski definition) is 5. The molecule has 7 nitrogen and oxygen atoms in total. The van der Waals surface area contributed by atoms with Crippen LogP contribution in [0.1, 0.15) is 54.4 Å². The van der Waals surface area contributed by atoms with Crippen LogP contribution < -0.4 is 5.32 Å². The first-order valence-corrected chi connectivity index (χ1v) is 7.92. The van der Waals surface area contributed by atoms with E-state index in [1.165, 1.54) is 0 Å². The highest BCUT2D eigenvalue weighted by Gasteiger charge is 2.34. The van der Waals surface area contributed by atoms with Crippen molar-refractivity contribution < 1.29 is 33.7 Å². The van der Waals surface area contributed by atoms with Crippen LogP contribution in [-0.4, -0.2) is 34.8 Å². The van der Waals surface area contributed by atoms with Crippen LogP contribution >= 0.6 is 0 Å². The second-order valence-corrected chi connectivity index (χ2v) is 7.38. The van der Waals surface area contributed by atoms with Gasteiger partial charge in [0.1, 0.15) is 5.60 Å². The number of halogens is 1. The zero-order valence-electron chi connectivity index (χ0n) is 15.1. The van der Waals surface area contributed by atoms with Crippen LogP contribution in [-0.2, 0) is 19.3 Å². The molecule has 0 rings (SSSR count). The molecule has 0 aromatic carbocycles. The third-order valence-corrected chi connectivity index (χ3v) is 3.38. The van der Waals surface area contributed by atoms with Crippen molar-refractivity contribution >= 4 is 18.0 Å². The topological polar surface area (TPSA) is 102 Å². The normalized spacial score (nSPS) is 15.3. The van der Waals surface area contributed by atoms with E-state index in [0.717, 1.165) is 0 Å². The van der Waals surface area contributed by atoms with Gasteiger partial charge in [0, 0.05) is 10.6 Å². The number of ether oxygens (including phenoxy) is 1. The first kappa shape index (κ1) is 22.1. The minimum absolute atomic E-state index is 0.161. The van der Waals surface area contributed by atoms with Gasteiger partial charge in [-0.3, -0.25) is 9.74 Å². The maximum atomic E-state index is 12.1. The molecule has 24 heavy (non-hydrogen) atoms. The molecule has 0 heterocycles. The predicted molar refractivity (Wildman–Crippen MR) is 84.7 cm³/mol. The van der Waals surface area contributed by atoms with Gasteiger partial charge < -0.3 is 15.2 Å². The van der Waals surface area contributed by atoms with Crippen molar-refractivity contribution in [3.05, 3.63) is 0 Å². The van der Waals surface area contributed by atoms with Gasteiger partial charge in [-0.25, -0.2) is 9.59 Å². The molecule has 3 atom stereocenters. The Hall–Kier alpha value is -1.86. The minimum Gasteiger partial charge on any atom is -0.481 e. The van der Waals surface area contributed by atoms with Crippen LogP contribution in [0, 0.1) is 17.8 Å². The van der Waals surface area contributed by atoms with Crippen LogP contribution in [0.25, 0.3) is 0 Å². The molecule has 0 aromatic rings. The summed E-state index contributed by atoms with van der Waals surface area (Å²) < 4.78 is 17.3. The summed E-state index contributed by atoms with van der Waals surface area (Å²) in [6, 6.07) is -0.422. The van der Waals surface area contributed by atoms with Gasteiger partial charge in [0.2, 0.25) is 0 Å². The van der Waals surface area contributed by atoms with Crippen molar-refractivity contribution in [2.24, 2.45) is 17.8 Å². The molecule has 0 aliphatic heterocycles. The molecule has 8 heteroatoms. The number of nitrogens with one attached hydrogen (secondary N) is 1. The molecule has 0 saturated carbocycles. The summed E-state index contributed by atoms with van der Waals surface area (Å²) >= 11 is 0. The van der Waals surface area contributed by atoms with Gasteiger partial charge in [0.05, 0.1) is 0 Å². The number of hydrogen-bond donors (Lipinski definition) is 2. The van der Waals surface area contributed by atoms with Crippen LogP contribution in [0.15, 0.2) is 0 Å². The molecule has 2 unspecified atom stereocenters. The van der Waals surface area contributed by atoms with Crippen LogP contribution in [0.3, 0.4) is 0 Å². The Labute approximate surface area is 141 Å². The molecule has 2 N–H and O–H groups in total. The Balaban J connectivity index is 5.05. The lowest BCUT2D eigenvalue weighted by Crippen LogP contribution is -2.44. The van der Waals surface area contributed by atoms with Crippen molar-refractivity contribution in [1.82, 2.24) is 5.32 Å². The number of carbonyl (C=O) groups is 3. The van der Waals surface area contributed by atoms with E-state index in [4.69, 9.17) is 9.84 Å². The van der Waals surface area contributed by atoms with Gasteiger partial charge in [-0.1, -0.05) is 20.8 Å². The number of carbonyl (C=O) groups excluding carboxylic acids is 2. The quantitative estimate of drug-likeness (QED) is 0.653. The third kappa shape index (κ3) is 8.69. The van der Waals surface area contributed by atoms with Gasteiger partial charge in [-0.15, -0.1) is 0 Å². The highest BCUT2D eigenvalue weighted by atomic mass is 19.3. The van der Waals surface area contributed by atoms with E-state index in [2.05, 4.69) is 10.3 Å². The largest absolute Gasteiger partial charge is 0.481 e. The number of rotatable bonds is 8. The van der Waals surface area contributed by atoms with Gasteiger partial charge in [-0.2, -0.15) is 0 Å². The van der Waals surface area contributed by atoms with Crippen molar-refractivity contribution in [1.29, 1.82) is 0 Å². The molecule has 140 valence electrons. The van der Waals surface area contributed by atoms with E-state index in [-0.39, 0.29) is 12.3 Å². The number of amides is 1. The summed E-state index contributed by atoms with van der Waals surface area (Å²) in [6.45, 7) is 10.8. The van der Waals surface area contributed by atoms with Crippen LogP contribution in [0.2, 0.25) is 0 Å². The lowest BCUT2D eigenvalue weighted by Gasteiger charge is -2.29. The summed E-state index contributed by atoms with van der Waals surface area (Å²) in [7, 11) is 0. The highest BCUT2D eigenvalue weighted by Crippen LogP contribution is 2.22. The van der Waals surface area contributed by atoms with Crippen molar-refractivity contribution in [3.8, 4) is 0 Å². The monoisotopic (exact) mass is 349 g/mol. The second-order valence-electron chi connectivity index (χ2n) is 7.38. The lowest BCUT2D eigenvalue weighted by atomic mass is 9.86. The molecule has 0 radical (unpaired) electrons. The van der Waals surface area contributed by atoms with E-state index in [9.17, 15) is 18.9 Å². The summed E-state index contributed by atoms with van der Waals surface area (Å²) in [6.07, 6.45) is -0.233. The Morgan fingerprint density at radius 2 is 1.67 bits per heavy atom. The lowest BCUT2D eigenvalue weighted by molar-refractivity contribution is -0.192. The summed E-state index contributed by atoms with van der Waals surface area (Å²) in [5, 5.41) is 11.7. The zero-order valence-corrected chi connectivity index (χ0v) is 15.1. The minimum atomic E-state index is -1.62. The van der Waals surface area contributed by atoms with Crippen molar-refractivity contribution in [2.45, 2.75) is 66.0 Å². The maximum absolute atomic E-state index is 12.1. The SMILES string of the molecule is CC(C)C[C@H](NC(=O)OC(C)(C)C)C(C)CC(C(=O)O)C(=O)OF. The number of carboxylic acid groups (broad SMARTS) is 1. The van der Waals surface area contributed by atoms with Gasteiger partial charge in [0.25, 0.3) is 0 Å². The summed E-state index contributed by atoms with van der Waals surface area (Å²) in [4.78, 5) is 37.4. The Morgan fingerprint density at radius 1 is 1.12 bits per heavy atom. The fourth-order valence-corrected chi connectivity index (χ4v) is 2.29. The fraction of sp³-hybridized carbons (Fsp3) is 0.812. The molecule has 1 amide bonds. The fourth-order valence-electron chi connectivity index (χ4n) is 2.29. The zero-order chi connectivity index (χ0) is 19.1. The Morgan fingerprint density at radius 3 is 2.04 bits per heavy atom. The number of alkyl carbamates (subject to hydrolysis) is 1. The molecule has 0 aliphatic rings. The van der Waals surface area contributed by atoms with Gasteiger partial charge in [-0.05, 0) is 45.4 Å². The van der Waals surface area contributed by atoms with Crippen molar-refractivity contribution in [3.63, 3.8) is 0 Å². The van der Waals surface area contributed by atoms with E-state index in [0.29, 0.717) is 6.42 Å². The van der Waals surface area contributed by atoms with Gasteiger partial charge in [0.15, 0.2) is 5.92 Å². The molecule has 0 spiro atoms. The molecular weight excluding hydrogens is 321 g/mol. The van der Waals surface area contributed by atoms with Crippen molar-refractivity contribution in [2.75, 3.05) is 0 Å². The molecule has 0 fully saturated rings. The second kappa shape index (κ2) is 9.44. The van der Waals surface area contributed by atoms with E-state index in [1.54, 1.807) is 27.7 Å². The maximum Gasteiger partial charge on any atom is 0.407 e. The Bertz CT molecular complexity index is 446.